The van der Waals surface area contributed by atoms with Crippen LogP contribution in [0.5, 0.6) is 0 Å². The van der Waals surface area contributed by atoms with Gasteiger partial charge in [0.15, 0.2) is 0 Å². The van der Waals surface area contributed by atoms with Gasteiger partial charge < -0.3 is 15.1 Å². The van der Waals surface area contributed by atoms with Crippen LogP contribution in [0.3, 0.4) is 0 Å². The van der Waals surface area contributed by atoms with Gasteiger partial charge in [-0.25, -0.2) is 4.98 Å². The van der Waals surface area contributed by atoms with Crippen LogP contribution in [0.15, 0.2) is 29.0 Å². The Hall–Kier alpha value is -2.04. The van der Waals surface area contributed by atoms with Crippen LogP contribution >= 0.6 is 0 Å². The monoisotopic (exact) mass is 218 g/mol. The van der Waals surface area contributed by atoms with E-state index in [2.05, 4.69) is 20.6 Å². The molecule has 2 heterocycles. The Morgan fingerprint density at radius 2 is 2.31 bits per heavy atom. The fraction of sp³-hybridized carbons (Fsp3) is 0.273. The van der Waals surface area contributed by atoms with Gasteiger partial charge in [0, 0.05) is 18.8 Å². The molecule has 5 heteroatoms. The van der Waals surface area contributed by atoms with Crippen molar-refractivity contribution in [2.75, 3.05) is 17.7 Å². The Labute approximate surface area is 93.9 Å². The molecule has 2 aromatic rings. The van der Waals surface area contributed by atoms with E-state index in [1.54, 1.807) is 19.5 Å². The first kappa shape index (κ1) is 10.5. The molecule has 2 rings (SSSR count). The predicted octanol–water partition coefficient (Wildman–Crippen LogP) is 2.03. The number of furan rings is 1. The van der Waals surface area contributed by atoms with Gasteiger partial charge in [0.25, 0.3) is 0 Å². The standard InChI is InChI=1S/C11H14N4O/c1-8-6-14-11(12-2)15-10(8)13-7-9-4-3-5-16-9/h3-6H,7H2,1-2H3,(H2,12,13,14,15). The maximum atomic E-state index is 5.23. The third-order valence-electron chi connectivity index (χ3n) is 2.21. The van der Waals surface area contributed by atoms with E-state index in [1.807, 2.05) is 19.1 Å². The van der Waals surface area contributed by atoms with Gasteiger partial charge in [-0.15, -0.1) is 0 Å². The first-order chi connectivity index (χ1) is 7.79. The summed E-state index contributed by atoms with van der Waals surface area (Å²) in [6.07, 6.45) is 3.44. The topological polar surface area (TPSA) is 63.0 Å². The SMILES string of the molecule is CNc1ncc(C)c(NCc2ccco2)n1. The molecule has 0 aliphatic rings. The fourth-order valence-electron chi connectivity index (χ4n) is 1.33. The minimum atomic E-state index is 0.604. The van der Waals surface area contributed by atoms with Crippen molar-refractivity contribution in [2.24, 2.45) is 0 Å². The van der Waals surface area contributed by atoms with Crippen LogP contribution in [0.4, 0.5) is 11.8 Å². The van der Waals surface area contributed by atoms with Crippen molar-refractivity contribution in [3.05, 3.63) is 35.9 Å². The summed E-state index contributed by atoms with van der Waals surface area (Å²) in [6.45, 7) is 2.58. The minimum Gasteiger partial charge on any atom is -0.467 e. The van der Waals surface area contributed by atoms with Crippen molar-refractivity contribution in [2.45, 2.75) is 13.5 Å². The van der Waals surface area contributed by atoms with Crippen molar-refractivity contribution in [1.82, 2.24) is 9.97 Å². The Morgan fingerprint density at radius 3 is 3.00 bits per heavy atom. The minimum absolute atomic E-state index is 0.604. The van der Waals surface area contributed by atoms with Crippen LogP contribution < -0.4 is 10.6 Å². The number of anilines is 2. The average molecular weight is 218 g/mol. The number of rotatable bonds is 4. The molecule has 84 valence electrons. The molecule has 2 N–H and O–H groups in total. The number of nitrogens with one attached hydrogen (secondary N) is 2. The van der Waals surface area contributed by atoms with Crippen LogP contribution in [-0.4, -0.2) is 17.0 Å². The molecule has 0 saturated carbocycles. The molecule has 0 spiro atoms. The van der Waals surface area contributed by atoms with E-state index < -0.39 is 0 Å². The molecule has 0 radical (unpaired) electrons. The Morgan fingerprint density at radius 1 is 1.44 bits per heavy atom. The molecule has 0 saturated heterocycles. The zero-order valence-corrected chi connectivity index (χ0v) is 9.32. The van der Waals surface area contributed by atoms with Gasteiger partial charge in [0.05, 0.1) is 12.8 Å². The number of aryl methyl sites for hydroxylation is 1. The molecule has 0 fully saturated rings. The van der Waals surface area contributed by atoms with Gasteiger partial charge in [-0.1, -0.05) is 0 Å². The van der Waals surface area contributed by atoms with Crippen molar-refractivity contribution in [3.63, 3.8) is 0 Å². The van der Waals surface area contributed by atoms with Crippen LogP contribution in [0.1, 0.15) is 11.3 Å². The lowest BCUT2D eigenvalue weighted by Crippen LogP contribution is -2.05. The summed E-state index contributed by atoms with van der Waals surface area (Å²) in [5.74, 6) is 2.30. The molecule has 5 nitrogen and oxygen atoms in total. The Balaban J connectivity index is 2.08. The predicted molar refractivity (Wildman–Crippen MR) is 62.4 cm³/mol. The number of hydrogen-bond donors (Lipinski definition) is 2. The van der Waals surface area contributed by atoms with E-state index in [1.165, 1.54) is 0 Å². The van der Waals surface area contributed by atoms with Gasteiger partial charge in [-0.3, -0.25) is 0 Å². The normalized spacial score (nSPS) is 10.1. The highest BCUT2D eigenvalue weighted by molar-refractivity contribution is 5.46. The third kappa shape index (κ3) is 2.31. The lowest BCUT2D eigenvalue weighted by molar-refractivity contribution is 0.517. The molecule has 0 unspecified atom stereocenters. The number of aromatic nitrogens is 2. The molecule has 0 bridgehead atoms. The van der Waals surface area contributed by atoms with E-state index in [0.29, 0.717) is 12.5 Å². The molecule has 0 aromatic carbocycles. The first-order valence-electron chi connectivity index (χ1n) is 5.07. The Kier molecular flexibility index (Phi) is 3.05. The molecular formula is C11H14N4O. The summed E-state index contributed by atoms with van der Waals surface area (Å²) in [4.78, 5) is 8.43. The molecule has 0 atom stereocenters. The first-order valence-corrected chi connectivity index (χ1v) is 5.07. The lowest BCUT2D eigenvalue weighted by atomic mass is 10.3. The summed E-state index contributed by atoms with van der Waals surface area (Å²) in [5, 5.41) is 6.11. The number of hydrogen-bond acceptors (Lipinski definition) is 5. The summed E-state index contributed by atoms with van der Waals surface area (Å²) in [5.41, 5.74) is 1.01. The molecule has 16 heavy (non-hydrogen) atoms. The van der Waals surface area contributed by atoms with Crippen LogP contribution in [0, 0.1) is 6.92 Å². The zero-order chi connectivity index (χ0) is 11.4. The second-order valence-electron chi connectivity index (χ2n) is 3.41. The average Bonchev–Trinajstić information content (AvgIpc) is 2.81. The molecule has 2 aromatic heterocycles. The maximum Gasteiger partial charge on any atom is 0.224 e. The Bertz CT molecular complexity index is 453. The maximum absolute atomic E-state index is 5.23. The van der Waals surface area contributed by atoms with Crippen molar-refractivity contribution >= 4 is 11.8 Å². The van der Waals surface area contributed by atoms with Gasteiger partial charge in [0.1, 0.15) is 11.6 Å². The van der Waals surface area contributed by atoms with Gasteiger partial charge in [-0.05, 0) is 19.1 Å². The fourth-order valence-corrected chi connectivity index (χ4v) is 1.33. The second-order valence-corrected chi connectivity index (χ2v) is 3.41. The highest BCUT2D eigenvalue weighted by Crippen LogP contribution is 2.13. The number of nitrogens with zero attached hydrogens (tertiary/aromatic N) is 2. The van der Waals surface area contributed by atoms with E-state index in [0.717, 1.165) is 17.1 Å². The molecular weight excluding hydrogens is 204 g/mol. The van der Waals surface area contributed by atoms with E-state index in [-0.39, 0.29) is 0 Å². The van der Waals surface area contributed by atoms with E-state index >= 15 is 0 Å². The second kappa shape index (κ2) is 4.65. The van der Waals surface area contributed by atoms with Gasteiger partial charge in [-0.2, -0.15) is 4.98 Å². The molecule has 0 aliphatic carbocycles. The lowest BCUT2D eigenvalue weighted by Gasteiger charge is -2.08. The third-order valence-corrected chi connectivity index (χ3v) is 2.21. The summed E-state index contributed by atoms with van der Waals surface area (Å²) in [7, 11) is 1.79. The quantitative estimate of drug-likeness (QED) is 0.822. The van der Waals surface area contributed by atoms with Crippen LogP contribution in [0.2, 0.25) is 0 Å². The summed E-state index contributed by atoms with van der Waals surface area (Å²) in [6, 6.07) is 3.78. The van der Waals surface area contributed by atoms with Crippen molar-refractivity contribution in [3.8, 4) is 0 Å². The highest BCUT2D eigenvalue weighted by Gasteiger charge is 2.03. The van der Waals surface area contributed by atoms with E-state index in [4.69, 9.17) is 4.42 Å². The smallest absolute Gasteiger partial charge is 0.224 e. The van der Waals surface area contributed by atoms with Crippen molar-refractivity contribution in [1.29, 1.82) is 0 Å². The van der Waals surface area contributed by atoms with E-state index in [9.17, 15) is 0 Å². The highest BCUT2D eigenvalue weighted by atomic mass is 16.3. The van der Waals surface area contributed by atoms with Gasteiger partial charge >= 0.3 is 0 Å². The van der Waals surface area contributed by atoms with Gasteiger partial charge in [0.2, 0.25) is 5.95 Å². The summed E-state index contributed by atoms with van der Waals surface area (Å²) < 4.78 is 5.23. The van der Waals surface area contributed by atoms with Crippen LogP contribution in [0.25, 0.3) is 0 Å². The largest absolute Gasteiger partial charge is 0.467 e. The molecule has 0 amide bonds. The van der Waals surface area contributed by atoms with Crippen LogP contribution in [-0.2, 0) is 6.54 Å². The zero-order valence-electron chi connectivity index (χ0n) is 9.32. The summed E-state index contributed by atoms with van der Waals surface area (Å²) >= 11 is 0. The molecule has 0 aliphatic heterocycles. The van der Waals surface area contributed by atoms with Crippen molar-refractivity contribution < 1.29 is 4.42 Å².